The van der Waals surface area contributed by atoms with Crippen LogP contribution in [-0.4, -0.2) is 22.9 Å². The van der Waals surface area contributed by atoms with E-state index in [2.05, 4.69) is 12.2 Å². The molecule has 1 atom stereocenters. The highest BCUT2D eigenvalue weighted by Crippen LogP contribution is 2.23. The number of aliphatic hydroxyl groups excluding tert-OH is 1. The summed E-state index contributed by atoms with van der Waals surface area (Å²) in [6, 6.07) is 5.49. The van der Waals surface area contributed by atoms with Crippen LogP contribution in [0.4, 0.5) is 0 Å². The van der Waals surface area contributed by atoms with Crippen molar-refractivity contribution in [2.24, 2.45) is 0 Å². The number of phenolic OH excluding ortho intramolecular Hbond substituents is 1. The Bertz CT molecular complexity index is 331. The Hall–Kier alpha value is -0.770. The predicted octanol–water partition coefficient (Wildman–Crippen LogP) is 2.30. The van der Waals surface area contributed by atoms with Gasteiger partial charge in [0.1, 0.15) is 5.75 Å². The van der Waals surface area contributed by atoms with Crippen LogP contribution in [0.15, 0.2) is 18.2 Å². The molecule has 1 aromatic rings. The van der Waals surface area contributed by atoms with Crippen LogP contribution in [0.1, 0.15) is 25.3 Å². The minimum absolute atomic E-state index is 0.104. The Morgan fingerprint density at radius 1 is 1.44 bits per heavy atom. The van der Waals surface area contributed by atoms with Gasteiger partial charge >= 0.3 is 0 Å². The first-order valence-corrected chi connectivity index (χ1v) is 5.86. The third kappa shape index (κ3) is 4.00. The highest BCUT2D eigenvalue weighted by molar-refractivity contribution is 6.32. The topological polar surface area (TPSA) is 52.5 Å². The van der Waals surface area contributed by atoms with Gasteiger partial charge < -0.3 is 15.5 Å². The molecule has 1 rings (SSSR count). The fourth-order valence-corrected chi connectivity index (χ4v) is 1.73. The van der Waals surface area contributed by atoms with Crippen LogP contribution in [0.2, 0.25) is 5.02 Å². The molecule has 0 aliphatic rings. The van der Waals surface area contributed by atoms with Gasteiger partial charge in [0.2, 0.25) is 0 Å². The quantitative estimate of drug-likeness (QED) is 0.719. The summed E-state index contributed by atoms with van der Waals surface area (Å²) in [7, 11) is 0. The molecule has 0 aliphatic heterocycles. The van der Waals surface area contributed by atoms with E-state index in [9.17, 15) is 5.11 Å². The van der Waals surface area contributed by atoms with Crippen LogP contribution < -0.4 is 5.32 Å². The van der Waals surface area contributed by atoms with Gasteiger partial charge in [0.15, 0.2) is 0 Å². The molecule has 3 nitrogen and oxygen atoms in total. The Balaban J connectivity index is 2.50. The van der Waals surface area contributed by atoms with Crippen LogP contribution in [0.25, 0.3) is 0 Å². The SMILES string of the molecule is CCC(CCO)NCc1ccc(O)c(Cl)c1. The predicted molar refractivity (Wildman–Crippen MR) is 65.7 cm³/mol. The minimum Gasteiger partial charge on any atom is -0.506 e. The molecule has 1 aromatic carbocycles. The Labute approximate surface area is 101 Å². The van der Waals surface area contributed by atoms with Crippen molar-refractivity contribution in [3.05, 3.63) is 28.8 Å². The first-order chi connectivity index (χ1) is 7.67. The second kappa shape index (κ2) is 6.74. The molecule has 0 aromatic heterocycles. The summed E-state index contributed by atoms with van der Waals surface area (Å²) in [6.07, 6.45) is 1.73. The van der Waals surface area contributed by atoms with Crippen molar-refractivity contribution in [3.63, 3.8) is 0 Å². The number of nitrogens with one attached hydrogen (secondary N) is 1. The summed E-state index contributed by atoms with van der Waals surface area (Å²) in [5.41, 5.74) is 1.03. The molecule has 3 N–H and O–H groups in total. The van der Waals surface area contributed by atoms with E-state index in [-0.39, 0.29) is 12.4 Å². The van der Waals surface area contributed by atoms with E-state index in [1.165, 1.54) is 0 Å². The average molecular weight is 244 g/mol. The molecule has 0 amide bonds. The first kappa shape index (κ1) is 13.3. The molecule has 0 spiro atoms. The van der Waals surface area contributed by atoms with Crippen molar-refractivity contribution in [2.45, 2.75) is 32.4 Å². The van der Waals surface area contributed by atoms with Crippen molar-refractivity contribution < 1.29 is 10.2 Å². The maximum atomic E-state index is 9.27. The number of aromatic hydroxyl groups is 1. The van der Waals surface area contributed by atoms with Crippen molar-refractivity contribution >= 4 is 11.6 Å². The Morgan fingerprint density at radius 2 is 2.19 bits per heavy atom. The molecular formula is C12H18ClNO2. The third-order valence-electron chi connectivity index (χ3n) is 2.58. The Kier molecular flexibility index (Phi) is 5.60. The number of phenols is 1. The van der Waals surface area contributed by atoms with Gasteiger partial charge in [-0.25, -0.2) is 0 Å². The molecule has 4 heteroatoms. The van der Waals surface area contributed by atoms with Crippen molar-refractivity contribution in [2.75, 3.05) is 6.61 Å². The number of halogens is 1. The number of hydrogen-bond acceptors (Lipinski definition) is 3. The lowest BCUT2D eigenvalue weighted by Gasteiger charge is -2.15. The standard InChI is InChI=1S/C12H18ClNO2/c1-2-10(5-6-15)14-8-9-3-4-12(16)11(13)7-9/h3-4,7,10,14-16H,2,5-6,8H2,1H3. The van der Waals surface area contributed by atoms with E-state index < -0.39 is 0 Å². The van der Waals surface area contributed by atoms with E-state index >= 15 is 0 Å². The summed E-state index contributed by atoms with van der Waals surface area (Å²) in [4.78, 5) is 0. The molecule has 0 aliphatic carbocycles. The molecule has 16 heavy (non-hydrogen) atoms. The first-order valence-electron chi connectivity index (χ1n) is 5.49. The van der Waals surface area contributed by atoms with Crippen LogP contribution in [0.5, 0.6) is 5.75 Å². The van der Waals surface area contributed by atoms with Crippen LogP contribution in [0.3, 0.4) is 0 Å². The van der Waals surface area contributed by atoms with E-state index in [0.29, 0.717) is 17.6 Å². The van der Waals surface area contributed by atoms with E-state index in [1.54, 1.807) is 12.1 Å². The zero-order valence-electron chi connectivity index (χ0n) is 9.41. The van der Waals surface area contributed by atoms with Gasteiger partial charge in [0.05, 0.1) is 5.02 Å². The lowest BCUT2D eigenvalue weighted by molar-refractivity contribution is 0.262. The molecular weight excluding hydrogens is 226 g/mol. The van der Waals surface area contributed by atoms with Crippen LogP contribution in [0, 0.1) is 0 Å². The van der Waals surface area contributed by atoms with Gasteiger partial charge in [0.25, 0.3) is 0 Å². The van der Waals surface area contributed by atoms with E-state index in [1.807, 2.05) is 6.07 Å². The van der Waals surface area contributed by atoms with Gasteiger partial charge in [-0.1, -0.05) is 24.6 Å². The molecule has 0 heterocycles. The molecule has 90 valence electrons. The summed E-state index contributed by atoms with van der Waals surface area (Å²) in [5.74, 6) is 0.104. The maximum Gasteiger partial charge on any atom is 0.134 e. The minimum atomic E-state index is 0.104. The maximum absolute atomic E-state index is 9.27. The zero-order valence-corrected chi connectivity index (χ0v) is 10.2. The molecule has 0 saturated heterocycles. The lowest BCUT2D eigenvalue weighted by Crippen LogP contribution is -2.28. The number of benzene rings is 1. The van der Waals surface area contributed by atoms with Crippen LogP contribution >= 0.6 is 11.6 Å². The fraction of sp³-hybridized carbons (Fsp3) is 0.500. The second-order valence-corrected chi connectivity index (χ2v) is 4.19. The van der Waals surface area contributed by atoms with Gasteiger partial charge in [-0.15, -0.1) is 0 Å². The average Bonchev–Trinajstić information content (AvgIpc) is 2.28. The second-order valence-electron chi connectivity index (χ2n) is 3.78. The van der Waals surface area contributed by atoms with Crippen molar-refractivity contribution in [1.29, 1.82) is 0 Å². The highest BCUT2D eigenvalue weighted by atomic mass is 35.5. The lowest BCUT2D eigenvalue weighted by atomic mass is 10.1. The smallest absolute Gasteiger partial charge is 0.134 e. The number of aliphatic hydroxyl groups is 1. The van der Waals surface area contributed by atoms with E-state index in [4.69, 9.17) is 16.7 Å². The molecule has 0 fully saturated rings. The van der Waals surface area contributed by atoms with Gasteiger partial charge in [-0.05, 0) is 30.5 Å². The monoisotopic (exact) mass is 243 g/mol. The number of rotatable bonds is 6. The van der Waals surface area contributed by atoms with Gasteiger partial charge in [0, 0.05) is 19.2 Å². The van der Waals surface area contributed by atoms with Crippen LogP contribution in [-0.2, 0) is 6.54 Å². The van der Waals surface area contributed by atoms with Crippen molar-refractivity contribution in [1.82, 2.24) is 5.32 Å². The Morgan fingerprint density at radius 3 is 2.75 bits per heavy atom. The summed E-state index contributed by atoms with van der Waals surface area (Å²) in [5, 5.41) is 21.8. The molecule has 1 unspecified atom stereocenters. The fourth-order valence-electron chi connectivity index (χ4n) is 1.53. The largest absolute Gasteiger partial charge is 0.506 e. The van der Waals surface area contributed by atoms with Gasteiger partial charge in [-0.2, -0.15) is 0 Å². The summed E-state index contributed by atoms with van der Waals surface area (Å²) >= 11 is 5.81. The third-order valence-corrected chi connectivity index (χ3v) is 2.88. The van der Waals surface area contributed by atoms with Gasteiger partial charge in [-0.3, -0.25) is 0 Å². The summed E-state index contributed by atoms with van der Waals surface area (Å²) < 4.78 is 0. The number of hydrogen-bond donors (Lipinski definition) is 3. The molecule has 0 radical (unpaired) electrons. The molecule has 0 saturated carbocycles. The molecule has 0 bridgehead atoms. The highest BCUT2D eigenvalue weighted by Gasteiger charge is 2.05. The van der Waals surface area contributed by atoms with Crippen molar-refractivity contribution in [3.8, 4) is 5.75 Å². The summed E-state index contributed by atoms with van der Waals surface area (Å²) in [6.45, 7) is 2.97. The normalized spacial score (nSPS) is 12.7. The zero-order chi connectivity index (χ0) is 12.0. The van der Waals surface area contributed by atoms with E-state index in [0.717, 1.165) is 18.4 Å².